The Morgan fingerprint density at radius 3 is 2.62 bits per heavy atom. The van der Waals surface area contributed by atoms with Crippen LogP contribution in [0.25, 0.3) is 10.6 Å². The van der Waals surface area contributed by atoms with Crippen LogP contribution in [0.5, 0.6) is 11.5 Å². The molecule has 2 aromatic rings. The number of ether oxygens (including phenoxy) is 2. The molecule has 2 unspecified atom stereocenters. The molecule has 0 aliphatic carbocycles. The first-order valence-electron chi connectivity index (χ1n) is 9.54. The summed E-state index contributed by atoms with van der Waals surface area (Å²) in [6, 6.07) is 4.87. The molecule has 0 radical (unpaired) electrons. The smallest absolute Gasteiger partial charge is 0.249 e. The molecule has 2 N–H and O–H groups in total. The standard InChI is InChI=1S/C20H26N4O4S/c1-6-11(2)15(21-18(26)20(3,4)5)16(25)22-19-24-23-17(29-19)12-7-8-13-14(9-12)28-10-27-13/h7-9,11,15H,6,10H2,1-5H3,(H,21,26)(H,22,24,25). The normalized spacial score (nSPS) is 14.9. The molecule has 156 valence electrons. The quantitative estimate of drug-likeness (QED) is 0.745. The third-order valence-electron chi connectivity index (χ3n) is 4.74. The lowest BCUT2D eigenvalue weighted by Crippen LogP contribution is -2.50. The minimum absolute atomic E-state index is 0.0254. The summed E-state index contributed by atoms with van der Waals surface area (Å²) in [5.74, 6) is 0.854. The number of carbonyl (C=O) groups excluding carboxylic acids is 2. The maximum atomic E-state index is 12.9. The van der Waals surface area contributed by atoms with Gasteiger partial charge in [-0.2, -0.15) is 0 Å². The fourth-order valence-electron chi connectivity index (χ4n) is 2.66. The molecule has 1 aliphatic heterocycles. The van der Waals surface area contributed by atoms with E-state index in [0.29, 0.717) is 21.6 Å². The molecule has 1 aromatic heterocycles. The second-order valence-corrected chi connectivity index (χ2v) is 9.03. The first-order chi connectivity index (χ1) is 13.7. The van der Waals surface area contributed by atoms with Gasteiger partial charge in [-0.05, 0) is 24.1 Å². The predicted octanol–water partition coefficient (Wildman–Crippen LogP) is 3.45. The average Bonchev–Trinajstić information content (AvgIpc) is 3.32. The summed E-state index contributed by atoms with van der Waals surface area (Å²) < 4.78 is 10.7. The first kappa shape index (κ1) is 21.0. The molecule has 0 fully saturated rings. The highest BCUT2D eigenvalue weighted by molar-refractivity contribution is 7.18. The summed E-state index contributed by atoms with van der Waals surface area (Å²) in [6.07, 6.45) is 0.751. The molecular formula is C20H26N4O4S. The number of benzene rings is 1. The molecule has 2 heterocycles. The summed E-state index contributed by atoms with van der Waals surface area (Å²) in [4.78, 5) is 25.2. The number of hydrogen-bond acceptors (Lipinski definition) is 7. The van der Waals surface area contributed by atoms with Crippen LogP contribution in [0.3, 0.4) is 0 Å². The van der Waals surface area contributed by atoms with Gasteiger partial charge in [0, 0.05) is 11.0 Å². The second-order valence-electron chi connectivity index (χ2n) is 8.06. The lowest BCUT2D eigenvalue weighted by atomic mass is 9.92. The zero-order chi connectivity index (χ0) is 21.2. The minimum Gasteiger partial charge on any atom is -0.454 e. The summed E-state index contributed by atoms with van der Waals surface area (Å²) in [7, 11) is 0. The highest BCUT2D eigenvalue weighted by atomic mass is 32.1. The van der Waals surface area contributed by atoms with Crippen LogP contribution in [0.15, 0.2) is 18.2 Å². The van der Waals surface area contributed by atoms with E-state index in [2.05, 4.69) is 20.8 Å². The average molecular weight is 419 g/mol. The Hall–Kier alpha value is -2.68. The molecule has 1 aromatic carbocycles. The highest BCUT2D eigenvalue weighted by Gasteiger charge is 2.31. The first-order valence-corrected chi connectivity index (χ1v) is 10.4. The van der Waals surface area contributed by atoms with Gasteiger partial charge in [0.05, 0.1) is 0 Å². The molecule has 29 heavy (non-hydrogen) atoms. The Morgan fingerprint density at radius 1 is 1.21 bits per heavy atom. The van der Waals surface area contributed by atoms with E-state index in [1.165, 1.54) is 11.3 Å². The van der Waals surface area contributed by atoms with E-state index >= 15 is 0 Å². The summed E-state index contributed by atoms with van der Waals surface area (Å²) >= 11 is 1.26. The third kappa shape index (κ3) is 4.84. The van der Waals surface area contributed by atoms with E-state index in [1.807, 2.05) is 52.8 Å². The number of hydrogen-bond donors (Lipinski definition) is 2. The second kappa shape index (κ2) is 8.36. The lowest BCUT2D eigenvalue weighted by Gasteiger charge is -2.27. The zero-order valence-electron chi connectivity index (χ0n) is 17.2. The Morgan fingerprint density at radius 2 is 1.93 bits per heavy atom. The van der Waals surface area contributed by atoms with Gasteiger partial charge >= 0.3 is 0 Å². The van der Waals surface area contributed by atoms with Crippen molar-refractivity contribution in [3.8, 4) is 22.1 Å². The van der Waals surface area contributed by atoms with Gasteiger partial charge < -0.3 is 14.8 Å². The molecule has 0 bridgehead atoms. The van der Waals surface area contributed by atoms with Crippen molar-refractivity contribution in [2.24, 2.45) is 11.3 Å². The van der Waals surface area contributed by atoms with Crippen LogP contribution in [0.1, 0.15) is 41.0 Å². The van der Waals surface area contributed by atoms with Crippen LogP contribution in [-0.4, -0.2) is 34.8 Å². The van der Waals surface area contributed by atoms with Crippen molar-refractivity contribution in [1.82, 2.24) is 15.5 Å². The van der Waals surface area contributed by atoms with Crippen molar-refractivity contribution < 1.29 is 19.1 Å². The third-order valence-corrected chi connectivity index (χ3v) is 5.63. The molecule has 2 amide bonds. The predicted molar refractivity (Wildman–Crippen MR) is 111 cm³/mol. The Kier molecular flexibility index (Phi) is 6.07. The molecule has 3 rings (SSSR count). The molecule has 8 nitrogen and oxygen atoms in total. The highest BCUT2D eigenvalue weighted by Crippen LogP contribution is 2.37. The lowest BCUT2D eigenvalue weighted by molar-refractivity contribution is -0.132. The number of nitrogens with one attached hydrogen (secondary N) is 2. The number of fused-ring (bicyclic) bond motifs is 1. The van der Waals surface area contributed by atoms with Gasteiger partial charge in [-0.15, -0.1) is 10.2 Å². The van der Waals surface area contributed by atoms with Crippen molar-refractivity contribution in [3.63, 3.8) is 0 Å². The molecule has 0 saturated carbocycles. The summed E-state index contributed by atoms with van der Waals surface area (Å²) in [5.41, 5.74) is 0.244. The van der Waals surface area contributed by atoms with Gasteiger partial charge in [-0.25, -0.2) is 0 Å². The summed E-state index contributed by atoms with van der Waals surface area (Å²) in [6.45, 7) is 9.57. The van der Waals surface area contributed by atoms with Gasteiger partial charge in [0.15, 0.2) is 11.5 Å². The van der Waals surface area contributed by atoms with E-state index in [-0.39, 0.29) is 24.5 Å². The number of nitrogens with zero attached hydrogens (tertiary/aromatic N) is 2. The monoisotopic (exact) mass is 418 g/mol. The van der Waals surface area contributed by atoms with Gasteiger partial charge in [0.25, 0.3) is 0 Å². The van der Waals surface area contributed by atoms with E-state index in [4.69, 9.17) is 9.47 Å². The van der Waals surface area contributed by atoms with Crippen LogP contribution in [0.4, 0.5) is 5.13 Å². The summed E-state index contributed by atoms with van der Waals surface area (Å²) in [5, 5.41) is 14.9. The Balaban J connectivity index is 1.72. The molecule has 9 heteroatoms. The number of anilines is 1. The van der Waals surface area contributed by atoms with Crippen LogP contribution in [0, 0.1) is 11.3 Å². The molecule has 0 saturated heterocycles. The number of rotatable bonds is 6. The molecule has 0 spiro atoms. The zero-order valence-corrected chi connectivity index (χ0v) is 18.1. The van der Waals surface area contributed by atoms with Crippen LogP contribution >= 0.6 is 11.3 Å². The minimum atomic E-state index is -0.649. The van der Waals surface area contributed by atoms with Crippen LogP contribution < -0.4 is 20.1 Å². The van der Waals surface area contributed by atoms with E-state index in [0.717, 1.165) is 12.0 Å². The molecule has 2 atom stereocenters. The van der Waals surface area contributed by atoms with Crippen molar-refractivity contribution >= 4 is 28.3 Å². The Labute approximate surface area is 174 Å². The van der Waals surface area contributed by atoms with Gasteiger partial charge in [-0.1, -0.05) is 52.4 Å². The van der Waals surface area contributed by atoms with Crippen molar-refractivity contribution in [2.45, 2.75) is 47.1 Å². The van der Waals surface area contributed by atoms with E-state index in [9.17, 15) is 9.59 Å². The topological polar surface area (TPSA) is 102 Å². The van der Waals surface area contributed by atoms with Crippen LogP contribution in [0.2, 0.25) is 0 Å². The largest absolute Gasteiger partial charge is 0.454 e. The van der Waals surface area contributed by atoms with Gasteiger partial charge in [0.2, 0.25) is 23.7 Å². The van der Waals surface area contributed by atoms with Crippen molar-refractivity contribution in [1.29, 1.82) is 0 Å². The Bertz CT molecular complexity index is 906. The number of aromatic nitrogens is 2. The maximum absolute atomic E-state index is 12.9. The van der Waals surface area contributed by atoms with Gasteiger partial charge in [-0.3, -0.25) is 14.9 Å². The van der Waals surface area contributed by atoms with Crippen molar-refractivity contribution in [3.05, 3.63) is 18.2 Å². The number of carbonyl (C=O) groups is 2. The SMILES string of the molecule is CCC(C)C(NC(=O)C(C)(C)C)C(=O)Nc1nnc(-c2ccc3c(c2)OCO3)s1. The maximum Gasteiger partial charge on any atom is 0.249 e. The van der Waals surface area contributed by atoms with E-state index in [1.54, 1.807) is 0 Å². The van der Waals surface area contributed by atoms with Crippen molar-refractivity contribution in [2.75, 3.05) is 12.1 Å². The molecular weight excluding hydrogens is 392 g/mol. The number of amides is 2. The fraction of sp³-hybridized carbons (Fsp3) is 0.500. The van der Waals surface area contributed by atoms with Gasteiger partial charge in [0.1, 0.15) is 11.0 Å². The van der Waals surface area contributed by atoms with Crippen LogP contribution in [-0.2, 0) is 9.59 Å². The molecule has 1 aliphatic rings. The fourth-order valence-corrected chi connectivity index (χ4v) is 3.41. The van der Waals surface area contributed by atoms with E-state index < -0.39 is 11.5 Å².